The third-order valence-corrected chi connectivity index (χ3v) is 2.76. The minimum Gasteiger partial charge on any atom is -0.496 e. The first kappa shape index (κ1) is 14.5. The van der Waals surface area contributed by atoms with Gasteiger partial charge >= 0.3 is 5.97 Å². The van der Waals surface area contributed by atoms with E-state index in [2.05, 4.69) is 11.4 Å². The Morgan fingerprint density at radius 3 is 2.78 bits per heavy atom. The Morgan fingerprint density at radius 2 is 2.06 bits per heavy atom. The number of carbonyl (C=O) groups is 1. The first-order valence-corrected chi connectivity index (χ1v) is 6.28. The number of rotatable bonds is 9. The fourth-order valence-corrected chi connectivity index (χ4v) is 1.78. The molecule has 100 valence electrons. The summed E-state index contributed by atoms with van der Waals surface area (Å²) in [5, 5.41) is 11.8. The molecule has 0 saturated heterocycles. The van der Waals surface area contributed by atoms with Crippen LogP contribution < -0.4 is 10.1 Å². The molecule has 18 heavy (non-hydrogen) atoms. The fourth-order valence-electron chi connectivity index (χ4n) is 1.78. The minimum atomic E-state index is -0.718. The first-order chi connectivity index (χ1) is 8.74. The lowest BCUT2D eigenvalue weighted by atomic mass is 10.1. The van der Waals surface area contributed by atoms with Crippen LogP contribution in [0, 0.1) is 0 Å². The summed E-state index contributed by atoms with van der Waals surface area (Å²) in [5.41, 5.74) is 1.19. The zero-order valence-electron chi connectivity index (χ0n) is 10.8. The van der Waals surface area contributed by atoms with Crippen molar-refractivity contribution in [3.63, 3.8) is 0 Å². The number of benzene rings is 1. The normalized spacial score (nSPS) is 10.3. The van der Waals surface area contributed by atoms with Gasteiger partial charge < -0.3 is 15.2 Å². The molecule has 0 atom stereocenters. The summed E-state index contributed by atoms with van der Waals surface area (Å²) >= 11 is 0. The monoisotopic (exact) mass is 251 g/mol. The molecule has 0 spiro atoms. The van der Waals surface area contributed by atoms with Gasteiger partial charge in [-0.05, 0) is 44.0 Å². The van der Waals surface area contributed by atoms with Crippen molar-refractivity contribution in [3.8, 4) is 5.75 Å². The number of hydrogen-bond donors (Lipinski definition) is 2. The van der Waals surface area contributed by atoms with E-state index in [0.29, 0.717) is 0 Å². The Bertz CT molecular complexity index is 366. The molecule has 0 aliphatic rings. The number of aliphatic carboxylic acids is 1. The molecule has 0 radical (unpaired) electrons. The van der Waals surface area contributed by atoms with E-state index >= 15 is 0 Å². The van der Waals surface area contributed by atoms with Crippen LogP contribution >= 0.6 is 0 Å². The number of para-hydroxylation sites is 1. The molecule has 0 amide bonds. The van der Waals surface area contributed by atoms with E-state index in [1.807, 2.05) is 18.2 Å². The predicted octanol–water partition coefficient (Wildman–Crippen LogP) is 2.08. The highest BCUT2D eigenvalue weighted by Crippen LogP contribution is 2.17. The number of nitrogens with one attached hydrogen (secondary N) is 1. The summed E-state index contributed by atoms with van der Waals surface area (Å²) in [6, 6.07) is 7.99. The van der Waals surface area contributed by atoms with E-state index in [4.69, 9.17) is 9.84 Å². The van der Waals surface area contributed by atoms with Crippen molar-refractivity contribution in [2.45, 2.75) is 25.7 Å². The van der Waals surface area contributed by atoms with E-state index in [0.717, 1.165) is 38.1 Å². The van der Waals surface area contributed by atoms with Gasteiger partial charge in [-0.25, -0.2) is 0 Å². The number of methoxy groups -OCH3 is 1. The Labute approximate surface area is 108 Å². The van der Waals surface area contributed by atoms with E-state index in [1.54, 1.807) is 7.11 Å². The summed E-state index contributed by atoms with van der Waals surface area (Å²) in [4.78, 5) is 10.3. The summed E-state index contributed by atoms with van der Waals surface area (Å²) in [6.07, 6.45) is 2.81. The molecular weight excluding hydrogens is 230 g/mol. The third kappa shape index (κ3) is 5.68. The summed E-state index contributed by atoms with van der Waals surface area (Å²) in [5.74, 6) is 0.203. The number of unbranched alkanes of at least 4 members (excludes halogenated alkanes) is 1. The van der Waals surface area contributed by atoms with Gasteiger partial charge in [-0.1, -0.05) is 18.2 Å². The van der Waals surface area contributed by atoms with Crippen molar-refractivity contribution < 1.29 is 14.6 Å². The maximum atomic E-state index is 10.3. The topological polar surface area (TPSA) is 58.6 Å². The van der Waals surface area contributed by atoms with Gasteiger partial charge in [-0.2, -0.15) is 0 Å². The van der Waals surface area contributed by atoms with E-state index < -0.39 is 5.97 Å². The van der Waals surface area contributed by atoms with Crippen molar-refractivity contribution in [2.24, 2.45) is 0 Å². The van der Waals surface area contributed by atoms with Crippen LogP contribution in [0.3, 0.4) is 0 Å². The second-order valence-electron chi connectivity index (χ2n) is 4.16. The molecule has 0 aliphatic heterocycles. The zero-order chi connectivity index (χ0) is 13.2. The van der Waals surface area contributed by atoms with Crippen LogP contribution in [0.1, 0.15) is 24.8 Å². The van der Waals surface area contributed by atoms with Gasteiger partial charge in [-0.3, -0.25) is 4.79 Å². The first-order valence-electron chi connectivity index (χ1n) is 6.28. The molecule has 1 rings (SSSR count). The molecule has 0 aromatic heterocycles. The lowest BCUT2D eigenvalue weighted by Gasteiger charge is -2.08. The molecule has 0 fully saturated rings. The molecule has 4 nitrogen and oxygen atoms in total. The number of carboxylic acid groups (broad SMARTS) is 1. The van der Waals surface area contributed by atoms with Crippen molar-refractivity contribution in [1.82, 2.24) is 5.32 Å². The Hall–Kier alpha value is -1.55. The molecular formula is C14H21NO3. The smallest absolute Gasteiger partial charge is 0.303 e. The number of carboxylic acids is 1. The molecule has 0 aliphatic carbocycles. The van der Waals surface area contributed by atoms with Crippen LogP contribution in [0.5, 0.6) is 5.75 Å². The third-order valence-electron chi connectivity index (χ3n) is 2.76. The lowest BCUT2D eigenvalue weighted by molar-refractivity contribution is -0.137. The van der Waals surface area contributed by atoms with E-state index in [-0.39, 0.29) is 6.42 Å². The molecule has 0 bridgehead atoms. The van der Waals surface area contributed by atoms with Crippen LogP contribution in [0.4, 0.5) is 0 Å². The van der Waals surface area contributed by atoms with Crippen LogP contribution in [0.25, 0.3) is 0 Å². The van der Waals surface area contributed by atoms with E-state index in [1.165, 1.54) is 5.56 Å². The Morgan fingerprint density at radius 1 is 1.28 bits per heavy atom. The van der Waals surface area contributed by atoms with Gasteiger partial charge in [0.15, 0.2) is 0 Å². The quantitative estimate of drug-likeness (QED) is 0.660. The molecule has 4 heteroatoms. The molecule has 1 aromatic carbocycles. The molecule has 0 saturated carbocycles. The maximum absolute atomic E-state index is 10.3. The molecule has 0 unspecified atom stereocenters. The van der Waals surface area contributed by atoms with Crippen molar-refractivity contribution in [1.29, 1.82) is 0 Å². The van der Waals surface area contributed by atoms with Crippen molar-refractivity contribution in [3.05, 3.63) is 29.8 Å². The molecule has 2 N–H and O–H groups in total. The van der Waals surface area contributed by atoms with Crippen LogP contribution in [-0.2, 0) is 11.2 Å². The van der Waals surface area contributed by atoms with Crippen LogP contribution in [-0.4, -0.2) is 31.3 Å². The predicted molar refractivity (Wildman–Crippen MR) is 71.1 cm³/mol. The second kappa shape index (κ2) is 8.53. The average Bonchev–Trinajstić information content (AvgIpc) is 2.37. The second-order valence-corrected chi connectivity index (χ2v) is 4.16. The summed E-state index contributed by atoms with van der Waals surface area (Å²) in [7, 11) is 1.68. The molecule has 1 aromatic rings. The fraction of sp³-hybridized carbons (Fsp3) is 0.500. The number of hydrogen-bond acceptors (Lipinski definition) is 3. The number of ether oxygens (including phenoxy) is 1. The van der Waals surface area contributed by atoms with Gasteiger partial charge in [-0.15, -0.1) is 0 Å². The largest absolute Gasteiger partial charge is 0.496 e. The SMILES string of the molecule is COc1ccccc1CCNCCCCC(=O)O. The molecule has 0 heterocycles. The van der Waals surface area contributed by atoms with Gasteiger partial charge in [0.05, 0.1) is 7.11 Å². The van der Waals surface area contributed by atoms with E-state index in [9.17, 15) is 4.79 Å². The highest BCUT2D eigenvalue weighted by atomic mass is 16.5. The van der Waals surface area contributed by atoms with Gasteiger partial charge in [0.1, 0.15) is 5.75 Å². The average molecular weight is 251 g/mol. The van der Waals surface area contributed by atoms with Crippen LogP contribution in [0.2, 0.25) is 0 Å². The highest BCUT2D eigenvalue weighted by molar-refractivity contribution is 5.66. The van der Waals surface area contributed by atoms with Crippen LogP contribution in [0.15, 0.2) is 24.3 Å². The zero-order valence-corrected chi connectivity index (χ0v) is 10.8. The van der Waals surface area contributed by atoms with Crippen molar-refractivity contribution in [2.75, 3.05) is 20.2 Å². The standard InChI is InChI=1S/C14H21NO3/c1-18-13-7-3-2-6-12(13)9-11-15-10-5-4-8-14(16)17/h2-3,6-7,15H,4-5,8-11H2,1H3,(H,16,17). The van der Waals surface area contributed by atoms with Gasteiger partial charge in [0.25, 0.3) is 0 Å². The summed E-state index contributed by atoms with van der Waals surface area (Å²) in [6.45, 7) is 1.75. The highest BCUT2D eigenvalue weighted by Gasteiger charge is 2.00. The minimum absolute atomic E-state index is 0.258. The Balaban J connectivity index is 2.12. The van der Waals surface area contributed by atoms with Gasteiger partial charge in [0, 0.05) is 6.42 Å². The maximum Gasteiger partial charge on any atom is 0.303 e. The Kier molecular flexibility index (Phi) is 6.87. The van der Waals surface area contributed by atoms with Gasteiger partial charge in [0.2, 0.25) is 0 Å². The van der Waals surface area contributed by atoms with Crippen molar-refractivity contribution >= 4 is 5.97 Å². The lowest BCUT2D eigenvalue weighted by Crippen LogP contribution is -2.18. The summed E-state index contributed by atoms with van der Waals surface area (Å²) < 4.78 is 5.27.